The number of rotatable bonds is 3. The van der Waals surface area contributed by atoms with Crippen molar-refractivity contribution in [2.24, 2.45) is 0 Å². The summed E-state index contributed by atoms with van der Waals surface area (Å²) in [7, 11) is 2.05. The lowest BCUT2D eigenvalue weighted by atomic mass is 10.1. The van der Waals surface area contributed by atoms with E-state index in [2.05, 4.69) is 27.7 Å². The first kappa shape index (κ1) is 16.0. The van der Waals surface area contributed by atoms with Crippen molar-refractivity contribution in [3.05, 3.63) is 41.3 Å². The molecule has 1 saturated heterocycles. The molecule has 3 heterocycles. The number of likely N-dealkylation sites (tertiary alicyclic amines) is 1. The van der Waals surface area contributed by atoms with Gasteiger partial charge in [-0.2, -0.15) is 5.10 Å². The van der Waals surface area contributed by atoms with Crippen LogP contribution in [0.15, 0.2) is 35.7 Å². The average molecular weight is 347 g/mol. The Bertz CT molecular complexity index is 792. The highest BCUT2D eigenvalue weighted by Gasteiger charge is 2.30. The molecule has 2 aliphatic heterocycles. The number of hydrogen-bond acceptors (Lipinski definition) is 4. The first-order valence-electron chi connectivity index (χ1n) is 8.30. The van der Waals surface area contributed by atoms with Gasteiger partial charge in [-0.25, -0.2) is 13.5 Å². The van der Waals surface area contributed by atoms with Crippen LogP contribution in [0.5, 0.6) is 0 Å². The van der Waals surface area contributed by atoms with E-state index in [-0.39, 0.29) is 23.2 Å². The molecule has 132 valence electrons. The summed E-state index contributed by atoms with van der Waals surface area (Å²) in [5.41, 5.74) is 1.47. The number of fused-ring (bicyclic) bond motifs is 1. The van der Waals surface area contributed by atoms with Crippen molar-refractivity contribution < 1.29 is 13.6 Å². The van der Waals surface area contributed by atoms with E-state index in [0.717, 1.165) is 36.2 Å². The molecule has 0 spiro atoms. The zero-order valence-corrected chi connectivity index (χ0v) is 13.8. The van der Waals surface area contributed by atoms with Crippen LogP contribution in [0, 0.1) is 0 Å². The molecule has 4 rings (SSSR count). The molecule has 0 unspecified atom stereocenters. The van der Waals surface area contributed by atoms with Crippen LogP contribution in [-0.2, 0) is 0 Å². The fourth-order valence-corrected chi connectivity index (χ4v) is 3.15. The van der Waals surface area contributed by atoms with E-state index in [1.54, 1.807) is 0 Å². The number of piperidine rings is 1. The minimum Gasteiger partial charge on any atom is -0.349 e. The van der Waals surface area contributed by atoms with Gasteiger partial charge < -0.3 is 15.5 Å². The smallest absolute Gasteiger partial charge is 0.280 e. The predicted molar refractivity (Wildman–Crippen MR) is 90.3 cm³/mol. The van der Waals surface area contributed by atoms with Gasteiger partial charge in [0.15, 0.2) is 0 Å². The van der Waals surface area contributed by atoms with Crippen molar-refractivity contribution in [3.63, 3.8) is 0 Å². The molecule has 1 amide bonds. The van der Waals surface area contributed by atoms with Gasteiger partial charge in [-0.3, -0.25) is 4.79 Å². The molecular weight excluding hydrogens is 328 g/mol. The van der Waals surface area contributed by atoms with Crippen molar-refractivity contribution in [3.8, 4) is 0 Å². The molecule has 2 N–H and O–H groups in total. The maximum absolute atomic E-state index is 13.4. The first-order chi connectivity index (χ1) is 12.0. The third-order valence-corrected chi connectivity index (χ3v) is 4.73. The van der Waals surface area contributed by atoms with E-state index < -0.39 is 6.43 Å². The lowest BCUT2D eigenvalue weighted by Gasteiger charge is -2.29. The minimum absolute atomic E-state index is 0.0934. The zero-order valence-electron chi connectivity index (χ0n) is 13.8. The molecule has 6 nitrogen and oxygen atoms in total. The topological polar surface area (TPSA) is 62.2 Å². The largest absolute Gasteiger partial charge is 0.349 e. The molecule has 0 aromatic carbocycles. The van der Waals surface area contributed by atoms with Crippen molar-refractivity contribution in [2.45, 2.75) is 25.3 Å². The van der Waals surface area contributed by atoms with E-state index in [1.165, 1.54) is 12.3 Å². The number of nitrogens with one attached hydrogen (secondary N) is 2. The van der Waals surface area contributed by atoms with Crippen LogP contribution in [0.3, 0.4) is 0 Å². The van der Waals surface area contributed by atoms with E-state index in [9.17, 15) is 13.6 Å². The molecule has 25 heavy (non-hydrogen) atoms. The Balaban J connectivity index is 1.58. The molecule has 1 fully saturated rings. The third-order valence-electron chi connectivity index (χ3n) is 4.73. The number of halogens is 2. The maximum Gasteiger partial charge on any atom is 0.280 e. The number of carbonyl (C=O) groups is 1. The number of alkyl halides is 2. The monoisotopic (exact) mass is 347 g/mol. The summed E-state index contributed by atoms with van der Waals surface area (Å²) >= 11 is 0. The van der Waals surface area contributed by atoms with Crippen LogP contribution >= 0.6 is 0 Å². The quantitative estimate of drug-likeness (QED) is 0.879. The normalized spacial score (nSPS) is 20.4. The molecule has 1 aliphatic carbocycles. The molecule has 0 atom stereocenters. The van der Waals surface area contributed by atoms with Crippen LogP contribution in [0.1, 0.15) is 23.2 Å². The van der Waals surface area contributed by atoms with Gasteiger partial charge in [0.05, 0.1) is 6.20 Å². The minimum atomic E-state index is -2.68. The van der Waals surface area contributed by atoms with Gasteiger partial charge in [0.2, 0.25) is 0 Å². The van der Waals surface area contributed by atoms with Gasteiger partial charge in [-0.05, 0) is 44.6 Å². The molecule has 0 radical (unpaired) electrons. The highest BCUT2D eigenvalue weighted by Crippen LogP contribution is 2.33. The van der Waals surface area contributed by atoms with Crippen LogP contribution in [0.2, 0.25) is 0 Å². The predicted octanol–water partition coefficient (Wildman–Crippen LogP) is 2.06. The number of hydrogen-bond donors (Lipinski definition) is 2. The SMILES string of the molecule is CN1CCC(NC(=O)c2cnn3c2NC(=C2C=C2)C=C3C(F)F)CC1. The summed E-state index contributed by atoms with van der Waals surface area (Å²) < 4.78 is 27.9. The number of anilines is 1. The van der Waals surface area contributed by atoms with Crippen molar-refractivity contribution >= 4 is 17.4 Å². The summed E-state index contributed by atoms with van der Waals surface area (Å²) in [5.74, 6) is 0.00588. The Morgan fingerprint density at radius 2 is 2.08 bits per heavy atom. The van der Waals surface area contributed by atoms with Crippen molar-refractivity contribution in [1.29, 1.82) is 0 Å². The Morgan fingerprint density at radius 1 is 1.36 bits per heavy atom. The number of amides is 1. The van der Waals surface area contributed by atoms with Crippen LogP contribution in [0.25, 0.3) is 5.70 Å². The number of nitrogens with zero attached hydrogens (tertiary/aromatic N) is 3. The zero-order chi connectivity index (χ0) is 17.6. The molecule has 3 aliphatic rings. The number of allylic oxidation sites excluding steroid dienone is 5. The average Bonchev–Trinajstić information content (AvgIpc) is 3.35. The second-order valence-electron chi connectivity index (χ2n) is 6.57. The van der Waals surface area contributed by atoms with E-state index >= 15 is 0 Å². The van der Waals surface area contributed by atoms with Gasteiger partial charge in [-0.15, -0.1) is 0 Å². The Labute approximate surface area is 143 Å². The summed E-state index contributed by atoms with van der Waals surface area (Å²) in [4.78, 5) is 14.9. The Kier molecular flexibility index (Phi) is 3.91. The fourth-order valence-electron chi connectivity index (χ4n) is 3.15. The van der Waals surface area contributed by atoms with E-state index in [4.69, 9.17) is 0 Å². The number of aromatic nitrogens is 2. The number of carbonyl (C=O) groups excluding carboxylic acids is 1. The standard InChI is InChI=1S/C17H19F2N5O/c1-23-6-4-11(5-7-23)21-17(25)12-9-20-24-14(15(18)19)8-13(10-2-3-10)22-16(12)24/h2-3,8-9,11,15,22H,4-7H2,1H3,(H,21,25). The summed E-state index contributed by atoms with van der Waals surface area (Å²) in [6.07, 6.45) is 5.44. The van der Waals surface area contributed by atoms with Gasteiger partial charge in [-0.1, -0.05) is 12.2 Å². The van der Waals surface area contributed by atoms with Crippen LogP contribution < -0.4 is 10.6 Å². The van der Waals surface area contributed by atoms with E-state index in [0.29, 0.717) is 11.5 Å². The highest BCUT2D eigenvalue weighted by molar-refractivity contribution is 6.00. The maximum atomic E-state index is 13.4. The van der Waals surface area contributed by atoms with E-state index in [1.807, 2.05) is 12.2 Å². The van der Waals surface area contributed by atoms with Gasteiger partial charge in [0.1, 0.15) is 17.1 Å². The molecule has 0 saturated carbocycles. The Morgan fingerprint density at radius 3 is 2.72 bits per heavy atom. The van der Waals surface area contributed by atoms with Crippen molar-refractivity contribution in [1.82, 2.24) is 20.0 Å². The molecule has 1 aromatic rings. The summed E-state index contributed by atoms with van der Waals surface area (Å²) in [6.45, 7) is 1.85. The third kappa shape index (κ3) is 3.09. The molecular formula is C17H19F2N5O. The lowest BCUT2D eigenvalue weighted by molar-refractivity contribution is 0.0917. The second-order valence-corrected chi connectivity index (χ2v) is 6.57. The highest BCUT2D eigenvalue weighted by atomic mass is 19.3. The van der Waals surface area contributed by atoms with Crippen LogP contribution in [0.4, 0.5) is 14.6 Å². The fraction of sp³-hybridized carbons (Fsp3) is 0.412. The summed E-state index contributed by atoms with van der Waals surface area (Å²) in [5, 5.41) is 10.0. The molecule has 8 heteroatoms. The van der Waals surface area contributed by atoms with Gasteiger partial charge in [0, 0.05) is 11.7 Å². The second kappa shape index (κ2) is 6.11. The van der Waals surface area contributed by atoms with Crippen molar-refractivity contribution in [2.75, 3.05) is 25.5 Å². The Hall–Kier alpha value is -2.48. The van der Waals surface area contributed by atoms with Crippen LogP contribution in [-0.4, -0.2) is 53.2 Å². The summed E-state index contributed by atoms with van der Waals surface area (Å²) in [6, 6.07) is 0.0934. The van der Waals surface area contributed by atoms with Gasteiger partial charge >= 0.3 is 0 Å². The first-order valence-corrected chi connectivity index (χ1v) is 8.30. The molecule has 1 aromatic heterocycles. The van der Waals surface area contributed by atoms with Gasteiger partial charge in [0.25, 0.3) is 12.3 Å². The molecule has 0 bridgehead atoms. The lowest BCUT2D eigenvalue weighted by Crippen LogP contribution is -2.43.